The van der Waals surface area contributed by atoms with Crippen molar-refractivity contribution in [1.82, 2.24) is 9.55 Å². The van der Waals surface area contributed by atoms with Crippen molar-refractivity contribution in [3.05, 3.63) is 100 Å². The molecule has 1 aromatic heterocycles. The van der Waals surface area contributed by atoms with Gasteiger partial charge in [-0.3, -0.25) is 14.9 Å². The lowest BCUT2D eigenvalue weighted by Gasteiger charge is -2.20. The average Bonchev–Trinajstić information content (AvgIpc) is 3.15. The number of rotatable bonds is 8. The van der Waals surface area contributed by atoms with Crippen LogP contribution in [0.5, 0.6) is 0 Å². The number of non-ortho nitro benzene ring substituents is 1. The molecule has 0 fully saturated rings. The minimum absolute atomic E-state index is 0.123. The smallest absolute Gasteiger partial charge is 0.331 e. The highest BCUT2D eigenvalue weighted by molar-refractivity contribution is 8.00. The number of imidazole rings is 1. The third kappa shape index (κ3) is 4.41. The zero-order chi connectivity index (χ0) is 23.5. The van der Waals surface area contributed by atoms with E-state index in [1.165, 1.54) is 22.8 Å². The summed E-state index contributed by atoms with van der Waals surface area (Å²) in [7, 11) is 0. The summed E-state index contributed by atoms with van der Waals surface area (Å²) in [5, 5.41) is 30.4. The van der Waals surface area contributed by atoms with Crippen molar-refractivity contribution in [3.63, 3.8) is 0 Å². The number of nitro groups is 1. The summed E-state index contributed by atoms with van der Waals surface area (Å²) in [6.45, 7) is 0. The molecule has 0 aliphatic heterocycles. The molecule has 2 atom stereocenters. The van der Waals surface area contributed by atoms with Crippen molar-refractivity contribution in [2.45, 2.75) is 16.4 Å². The summed E-state index contributed by atoms with van der Waals surface area (Å²) in [5.74, 6) is -2.33. The fraction of sp³-hybridized carbons (Fsp3) is 0.0870. The predicted molar refractivity (Wildman–Crippen MR) is 121 cm³/mol. The summed E-state index contributed by atoms with van der Waals surface area (Å²) in [6.07, 6.45) is 0. The average molecular weight is 463 g/mol. The summed E-state index contributed by atoms with van der Waals surface area (Å²) >= 11 is 0.876. The Hall–Kier alpha value is -4.18. The Morgan fingerprint density at radius 2 is 1.52 bits per heavy atom. The van der Waals surface area contributed by atoms with Gasteiger partial charge in [-0.05, 0) is 17.2 Å². The van der Waals surface area contributed by atoms with Gasteiger partial charge in [-0.2, -0.15) is 0 Å². The van der Waals surface area contributed by atoms with Crippen LogP contribution in [-0.4, -0.2) is 36.6 Å². The molecule has 0 saturated heterocycles. The molecule has 1 heterocycles. The number of nitrogens with zero attached hydrogens (tertiary/aromatic N) is 3. The third-order valence-electron chi connectivity index (χ3n) is 5.01. The highest BCUT2D eigenvalue weighted by atomic mass is 32.2. The summed E-state index contributed by atoms with van der Waals surface area (Å²) < 4.78 is 1.35. The van der Waals surface area contributed by atoms with Crippen LogP contribution in [0.15, 0.2) is 84.0 Å². The zero-order valence-electron chi connectivity index (χ0n) is 16.9. The molecule has 0 bridgehead atoms. The molecule has 0 amide bonds. The van der Waals surface area contributed by atoms with Crippen LogP contribution >= 0.6 is 11.8 Å². The lowest BCUT2D eigenvalue weighted by atomic mass is 10.1. The van der Waals surface area contributed by atoms with Crippen molar-refractivity contribution in [1.29, 1.82) is 0 Å². The topological polar surface area (TPSA) is 136 Å². The molecule has 4 aromatic rings. The van der Waals surface area contributed by atoms with Crippen molar-refractivity contribution >= 4 is 40.4 Å². The van der Waals surface area contributed by atoms with Gasteiger partial charge in [0.15, 0.2) is 11.2 Å². The number of aromatic nitrogens is 2. The van der Waals surface area contributed by atoms with Crippen LogP contribution in [0.2, 0.25) is 0 Å². The van der Waals surface area contributed by atoms with Crippen molar-refractivity contribution in [2.24, 2.45) is 0 Å². The molecule has 33 heavy (non-hydrogen) atoms. The number of carbonyl (C=O) groups is 2. The fourth-order valence-corrected chi connectivity index (χ4v) is 4.61. The number of nitro benzene ring substituents is 1. The van der Waals surface area contributed by atoms with Gasteiger partial charge in [0, 0.05) is 12.1 Å². The second-order valence-electron chi connectivity index (χ2n) is 7.09. The van der Waals surface area contributed by atoms with E-state index in [2.05, 4.69) is 4.98 Å². The Bertz CT molecular complexity index is 1340. The molecule has 0 saturated carbocycles. The number of thioether (sulfide) groups is 1. The Balaban J connectivity index is 1.95. The van der Waals surface area contributed by atoms with Crippen molar-refractivity contribution in [3.8, 4) is 0 Å². The molecular formula is C23H17N3O6S. The van der Waals surface area contributed by atoms with E-state index in [1.54, 1.807) is 60.7 Å². The van der Waals surface area contributed by atoms with Crippen LogP contribution in [0.1, 0.15) is 22.4 Å². The number of aliphatic carboxylic acids is 2. The minimum Gasteiger partial charge on any atom is -0.480 e. The number of fused-ring (bicyclic) bond motifs is 1. The van der Waals surface area contributed by atoms with Gasteiger partial charge in [0.05, 0.1) is 16.0 Å². The van der Waals surface area contributed by atoms with Gasteiger partial charge in [0.1, 0.15) is 5.25 Å². The molecule has 0 spiro atoms. The van der Waals surface area contributed by atoms with Gasteiger partial charge < -0.3 is 14.8 Å². The van der Waals surface area contributed by atoms with E-state index >= 15 is 0 Å². The van der Waals surface area contributed by atoms with Crippen LogP contribution < -0.4 is 0 Å². The molecule has 2 N–H and O–H groups in total. The number of carboxylic acids is 2. The zero-order valence-corrected chi connectivity index (χ0v) is 17.8. The predicted octanol–water partition coefficient (Wildman–Crippen LogP) is 4.54. The maximum Gasteiger partial charge on any atom is 0.331 e. The molecule has 0 unspecified atom stereocenters. The van der Waals surface area contributed by atoms with Crippen LogP contribution in [0.3, 0.4) is 0 Å². The maximum atomic E-state index is 12.4. The first kappa shape index (κ1) is 22.0. The number of hydrogen-bond acceptors (Lipinski definition) is 6. The highest BCUT2D eigenvalue weighted by Gasteiger charge is 2.31. The van der Waals surface area contributed by atoms with Crippen molar-refractivity contribution < 1.29 is 24.7 Å². The number of carboxylic acid groups (broad SMARTS) is 2. The van der Waals surface area contributed by atoms with E-state index in [0.29, 0.717) is 16.6 Å². The number of benzene rings is 3. The molecular weight excluding hydrogens is 446 g/mol. The van der Waals surface area contributed by atoms with Gasteiger partial charge >= 0.3 is 11.9 Å². The van der Waals surface area contributed by atoms with Gasteiger partial charge in [-0.1, -0.05) is 72.4 Å². The van der Waals surface area contributed by atoms with E-state index in [-0.39, 0.29) is 16.4 Å². The monoisotopic (exact) mass is 463 g/mol. The largest absolute Gasteiger partial charge is 0.480 e. The minimum atomic E-state index is -1.27. The van der Waals surface area contributed by atoms with E-state index in [9.17, 15) is 29.9 Å². The lowest BCUT2D eigenvalue weighted by Crippen LogP contribution is -2.21. The first-order valence-corrected chi connectivity index (χ1v) is 10.6. The first-order chi connectivity index (χ1) is 15.9. The molecule has 3 aromatic carbocycles. The van der Waals surface area contributed by atoms with Crippen molar-refractivity contribution in [2.75, 3.05) is 0 Å². The second-order valence-corrected chi connectivity index (χ2v) is 8.17. The molecule has 9 nitrogen and oxygen atoms in total. The van der Waals surface area contributed by atoms with Gasteiger partial charge in [0.25, 0.3) is 5.69 Å². The molecule has 4 rings (SSSR count). The third-order valence-corrected chi connectivity index (χ3v) is 6.22. The summed E-state index contributed by atoms with van der Waals surface area (Å²) in [4.78, 5) is 39.7. The van der Waals surface area contributed by atoms with Gasteiger partial charge in [-0.25, -0.2) is 9.78 Å². The van der Waals surface area contributed by atoms with E-state index in [4.69, 9.17) is 0 Å². The Morgan fingerprint density at radius 1 is 0.909 bits per heavy atom. The second kappa shape index (κ2) is 9.13. The molecule has 10 heteroatoms. The summed E-state index contributed by atoms with van der Waals surface area (Å²) in [6, 6.07) is 19.6. The van der Waals surface area contributed by atoms with E-state index in [0.717, 1.165) is 11.8 Å². The maximum absolute atomic E-state index is 12.4. The first-order valence-electron chi connectivity index (χ1n) is 9.75. The van der Waals surface area contributed by atoms with Crippen LogP contribution in [0.4, 0.5) is 5.69 Å². The quantitative estimate of drug-likeness (QED) is 0.221. The van der Waals surface area contributed by atoms with E-state index in [1.807, 2.05) is 0 Å². The van der Waals surface area contributed by atoms with Crippen LogP contribution in [0, 0.1) is 10.1 Å². The number of hydrogen-bond donors (Lipinski definition) is 2. The highest BCUT2D eigenvalue weighted by Crippen LogP contribution is 2.40. The SMILES string of the molecule is O=C(O)[C@H](c1ccccc1)n1c(S[C@@H](C(=O)O)c2ccccc2)nc2ccc([N+](=O)[O-])cc21. The van der Waals surface area contributed by atoms with Crippen LogP contribution in [0.25, 0.3) is 11.0 Å². The lowest BCUT2D eigenvalue weighted by molar-refractivity contribution is -0.384. The Labute approximate surface area is 191 Å². The molecule has 0 aliphatic rings. The standard InChI is InChI=1S/C23H17N3O6S/c27-21(28)19(14-7-3-1-4-8-14)25-18-13-16(26(31)32)11-12-17(18)24-23(25)33-20(22(29)30)15-9-5-2-6-10-15/h1-13,19-20H,(H,27,28)(H,29,30)/t19-,20+/m0/s1. The van der Waals surface area contributed by atoms with Crippen LogP contribution in [-0.2, 0) is 9.59 Å². The Kier molecular flexibility index (Phi) is 6.09. The normalized spacial score (nSPS) is 12.8. The van der Waals surface area contributed by atoms with Gasteiger partial charge in [0.2, 0.25) is 0 Å². The molecule has 0 aliphatic carbocycles. The molecule has 166 valence electrons. The fourth-order valence-electron chi connectivity index (χ4n) is 3.54. The van der Waals surface area contributed by atoms with Gasteiger partial charge in [-0.15, -0.1) is 0 Å². The Morgan fingerprint density at radius 3 is 2.06 bits per heavy atom. The summed E-state index contributed by atoms with van der Waals surface area (Å²) in [5.41, 5.74) is 1.24. The van der Waals surface area contributed by atoms with E-state index < -0.39 is 28.2 Å². The molecule has 0 radical (unpaired) electrons.